The fourth-order valence-corrected chi connectivity index (χ4v) is 2.09. The molecule has 0 bridgehead atoms. The van der Waals surface area contributed by atoms with Gasteiger partial charge in [-0.1, -0.05) is 30.3 Å². The first-order valence-electron chi connectivity index (χ1n) is 6.74. The summed E-state index contributed by atoms with van der Waals surface area (Å²) in [5.74, 6) is -0.0673. The number of benzene rings is 1. The van der Waals surface area contributed by atoms with Crippen LogP contribution < -0.4 is 4.90 Å². The quantitative estimate of drug-likeness (QED) is 0.781. The lowest BCUT2D eigenvalue weighted by Gasteiger charge is -2.23. The minimum Gasteiger partial charge on any atom is -0.462 e. The highest BCUT2D eigenvalue weighted by Crippen LogP contribution is 2.32. The number of carbonyl (C=O) groups excluding carboxylic acids is 1. The molecule has 2 rings (SSSR count). The van der Waals surface area contributed by atoms with Crippen molar-refractivity contribution in [2.24, 2.45) is 0 Å². The van der Waals surface area contributed by atoms with Gasteiger partial charge in [-0.3, -0.25) is 4.90 Å². The van der Waals surface area contributed by atoms with Crippen molar-refractivity contribution in [2.75, 3.05) is 11.5 Å². The van der Waals surface area contributed by atoms with Crippen LogP contribution in [0.15, 0.2) is 48.9 Å². The average molecular weight is 318 g/mol. The molecule has 0 unspecified atom stereocenters. The molecule has 1 heterocycles. The summed E-state index contributed by atoms with van der Waals surface area (Å²) in [6, 6.07) is 7.33. The van der Waals surface area contributed by atoms with E-state index in [0.29, 0.717) is 28.8 Å². The van der Waals surface area contributed by atoms with Gasteiger partial charge in [0.25, 0.3) is 0 Å². The summed E-state index contributed by atoms with van der Waals surface area (Å²) >= 11 is 6.22. The second-order valence-electron chi connectivity index (χ2n) is 4.51. The molecular weight excluding hydrogens is 302 g/mol. The van der Waals surface area contributed by atoms with Crippen molar-refractivity contribution >= 4 is 29.2 Å². The lowest BCUT2D eigenvalue weighted by Crippen LogP contribution is -2.17. The van der Waals surface area contributed by atoms with E-state index in [2.05, 4.69) is 16.5 Å². The van der Waals surface area contributed by atoms with Gasteiger partial charge in [-0.15, -0.1) is 0 Å². The number of esters is 1. The number of anilines is 2. The highest BCUT2D eigenvalue weighted by atomic mass is 35.5. The molecule has 1 aromatic carbocycles. The lowest BCUT2D eigenvalue weighted by atomic mass is 10.2. The zero-order chi connectivity index (χ0) is 16.1. The van der Waals surface area contributed by atoms with Crippen molar-refractivity contribution in [3.05, 3.63) is 59.5 Å². The molecule has 114 valence electrons. The van der Waals surface area contributed by atoms with Gasteiger partial charge in [0.05, 0.1) is 22.9 Å². The third kappa shape index (κ3) is 3.43. The fraction of sp³-hybridized carbons (Fsp3) is 0.188. The second-order valence-corrected chi connectivity index (χ2v) is 4.92. The molecule has 0 radical (unpaired) electrons. The van der Waals surface area contributed by atoms with Crippen LogP contribution in [0.2, 0.25) is 5.02 Å². The molecule has 0 aliphatic carbocycles. The van der Waals surface area contributed by atoms with Gasteiger partial charge in [-0.05, 0) is 26.0 Å². The molecule has 0 fully saturated rings. The van der Waals surface area contributed by atoms with E-state index in [1.54, 1.807) is 17.9 Å². The van der Waals surface area contributed by atoms with Gasteiger partial charge < -0.3 is 4.74 Å². The Hall–Kier alpha value is -2.40. The Morgan fingerprint density at radius 3 is 2.50 bits per heavy atom. The normalized spacial score (nSPS) is 10.1. The Morgan fingerprint density at radius 1 is 1.32 bits per heavy atom. The van der Waals surface area contributed by atoms with Crippen LogP contribution in [0.3, 0.4) is 0 Å². The van der Waals surface area contributed by atoms with Crippen LogP contribution in [-0.2, 0) is 4.74 Å². The van der Waals surface area contributed by atoms with Crippen molar-refractivity contribution in [1.82, 2.24) is 9.97 Å². The topological polar surface area (TPSA) is 55.3 Å². The number of halogens is 1. The zero-order valence-electron chi connectivity index (χ0n) is 12.4. The minimum atomic E-state index is -0.450. The third-order valence-corrected chi connectivity index (χ3v) is 3.14. The van der Waals surface area contributed by atoms with E-state index >= 15 is 0 Å². The molecule has 6 heteroatoms. The maximum atomic E-state index is 11.6. The van der Waals surface area contributed by atoms with E-state index in [1.807, 2.05) is 25.1 Å². The Balaban J connectivity index is 2.37. The van der Waals surface area contributed by atoms with Crippen LogP contribution in [-0.4, -0.2) is 22.5 Å². The summed E-state index contributed by atoms with van der Waals surface area (Å²) in [4.78, 5) is 21.8. The molecule has 22 heavy (non-hydrogen) atoms. The van der Waals surface area contributed by atoms with Crippen LogP contribution in [0.1, 0.15) is 24.2 Å². The highest BCUT2D eigenvalue weighted by molar-refractivity contribution is 6.33. The van der Waals surface area contributed by atoms with Gasteiger partial charge in [-0.25, -0.2) is 14.8 Å². The highest BCUT2D eigenvalue weighted by Gasteiger charge is 2.17. The smallest absolute Gasteiger partial charge is 0.341 e. The third-order valence-electron chi connectivity index (χ3n) is 2.82. The Bertz CT molecular complexity index is 686. The molecule has 0 saturated heterocycles. The summed E-state index contributed by atoms with van der Waals surface area (Å²) in [5.41, 5.74) is 1.73. The lowest BCUT2D eigenvalue weighted by molar-refractivity contribution is 0.0525. The van der Waals surface area contributed by atoms with E-state index in [9.17, 15) is 4.79 Å². The van der Waals surface area contributed by atoms with Gasteiger partial charge >= 0.3 is 5.97 Å². The van der Waals surface area contributed by atoms with Crippen LogP contribution in [0.4, 0.5) is 11.6 Å². The summed E-state index contributed by atoms with van der Waals surface area (Å²) in [6.07, 6.45) is 2.85. The Kier molecular flexibility index (Phi) is 5.12. The SMILES string of the molecule is C=C(C)N(c1ncc(C(=O)OCC)cn1)c1ccccc1Cl. The van der Waals surface area contributed by atoms with Crippen molar-refractivity contribution in [1.29, 1.82) is 0 Å². The zero-order valence-corrected chi connectivity index (χ0v) is 13.2. The number of aromatic nitrogens is 2. The number of hydrogen-bond donors (Lipinski definition) is 0. The number of para-hydroxylation sites is 1. The van der Waals surface area contributed by atoms with Crippen LogP contribution >= 0.6 is 11.6 Å². The monoisotopic (exact) mass is 317 g/mol. The molecule has 0 N–H and O–H groups in total. The van der Waals surface area contributed by atoms with E-state index in [1.165, 1.54) is 12.4 Å². The minimum absolute atomic E-state index is 0.298. The van der Waals surface area contributed by atoms with E-state index < -0.39 is 5.97 Å². The molecule has 1 aromatic heterocycles. The summed E-state index contributed by atoms with van der Waals surface area (Å²) in [7, 11) is 0. The molecule has 0 aliphatic heterocycles. The number of carbonyl (C=O) groups is 1. The molecule has 0 aliphatic rings. The number of hydrogen-bond acceptors (Lipinski definition) is 5. The predicted octanol–water partition coefficient (Wildman–Crippen LogP) is 3.98. The first kappa shape index (κ1) is 16.0. The van der Waals surface area contributed by atoms with Gasteiger partial charge in [0.2, 0.25) is 5.95 Å². The average Bonchev–Trinajstić information content (AvgIpc) is 2.50. The standard InChI is InChI=1S/C16H16ClN3O2/c1-4-22-15(21)12-9-18-16(19-10-12)20(11(2)3)14-8-6-5-7-13(14)17/h5-10H,2,4H2,1,3H3. The summed E-state index contributed by atoms with van der Waals surface area (Å²) in [6.45, 7) is 7.80. The second kappa shape index (κ2) is 7.04. The largest absolute Gasteiger partial charge is 0.462 e. The summed E-state index contributed by atoms with van der Waals surface area (Å²) < 4.78 is 4.91. The number of rotatable bonds is 5. The molecular formula is C16H16ClN3O2. The van der Waals surface area contributed by atoms with Crippen molar-refractivity contribution < 1.29 is 9.53 Å². The molecule has 0 saturated carbocycles. The van der Waals surface area contributed by atoms with Crippen molar-refractivity contribution in [2.45, 2.75) is 13.8 Å². The predicted molar refractivity (Wildman–Crippen MR) is 86.4 cm³/mol. The number of allylic oxidation sites excluding steroid dienone is 1. The molecule has 0 atom stereocenters. The number of ether oxygens (including phenoxy) is 1. The van der Waals surface area contributed by atoms with Crippen LogP contribution in [0.5, 0.6) is 0 Å². The van der Waals surface area contributed by atoms with Crippen molar-refractivity contribution in [3.8, 4) is 0 Å². The van der Waals surface area contributed by atoms with E-state index in [-0.39, 0.29) is 0 Å². The molecule has 5 nitrogen and oxygen atoms in total. The maximum absolute atomic E-state index is 11.6. The Morgan fingerprint density at radius 2 is 1.95 bits per heavy atom. The molecule has 0 spiro atoms. The van der Waals surface area contributed by atoms with Gasteiger partial charge in [-0.2, -0.15) is 0 Å². The Labute approximate surface area is 134 Å². The van der Waals surface area contributed by atoms with E-state index in [0.717, 1.165) is 5.69 Å². The fourth-order valence-electron chi connectivity index (χ4n) is 1.87. The maximum Gasteiger partial charge on any atom is 0.341 e. The first-order chi connectivity index (χ1) is 10.5. The summed E-state index contributed by atoms with van der Waals surface area (Å²) in [5, 5.41) is 0.559. The van der Waals surface area contributed by atoms with Gasteiger partial charge in [0.1, 0.15) is 0 Å². The number of nitrogens with zero attached hydrogens (tertiary/aromatic N) is 3. The van der Waals surface area contributed by atoms with E-state index in [4.69, 9.17) is 16.3 Å². The van der Waals surface area contributed by atoms with Crippen molar-refractivity contribution in [3.63, 3.8) is 0 Å². The molecule has 0 amide bonds. The van der Waals surface area contributed by atoms with Gasteiger partial charge in [0, 0.05) is 18.1 Å². The van der Waals surface area contributed by atoms with Crippen LogP contribution in [0.25, 0.3) is 0 Å². The van der Waals surface area contributed by atoms with Gasteiger partial charge in [0.15, 0.2) is 0 Å². The molecule has 2 aromatic rings. The first-order valence-corrected chi connectivity index (χ1v) is 7.11. The van der Waals surface area contributed by atoms with Crippen LogP contribution in [0, 0.1) is 0 Å².